The summed E-state index contributed by atoms with van der Waals surface area (Å²) in [5.74, 6) is -2.45. The minimum absolute atomic E-state index is 0.0353. The van der Waals surface area contributed by atoms with Crippen molar-refractivity contribution in [2.45, 2.75) is 13.1 Å². The summed E-state index contributed by atoms with van der Waals surface area (Å²) in [7, 11) is 0. The van der Waals surface area contributed by atoms with Gasteiger partial charge in [-0.3, -0.25) is 29.0 Å². The summed E-state index contributed by atoms with van der Waals surface area (Å²) >= 11 is 0. The molecule has 6 heteroatoms. The topological polar surface area (TPSA) is 74.8 Å². The van der Waals surface area contributed by atoms with Crippen molar-refractivity contribution in [1.29, 1.82) is 0 Å². The van der Waals surface area contributed by atoms with Crippen LogP contribution < -0.4 is 0 Å². The first-order valence-corrected chi connectivity index (χ1v) is 12.0. The Hall–Kier alpha value is -3.54. The molecule has 0 N–H and O–H groups in total. The molecule has 2 heterocycles. The number of likely N-dealkylation sites (tertiary alicyclic amines) is 2. The molecule has 6 aliphatic rings. The fourth-order valence-corrected chi connectivity index (χ4v) is 7.57. The molecule has 2 aromatic rings. The van der Waals surface area contributed by atoms with E-state index >= 15 is 0 Å². The normalized spacial score (nSPS) is 37.1. The zero-order valence-electron chi connectivity index (χ0n) is 18.5. The molecule has 2 saturated heterocycles. The zero-order chi connectivity index (χ0) is 23.1. The highest BCUT2D eigenvalue weighted by Gasteiger charge is 2.74. The molecule has 8 rings (SSSR count). The lowest BCUT2D eigenvalue weighted by Gasteiger charge is -2.60. The van der Waals surface area contributed by atoms with E-state index in [1.165, 1.54) is 9.80 Å². The number of hydrogen-bond donors (Lipinski definition) is 0. The van der Waals surface area contributed by atoms with E-state index < -0.39 is 11.8 Å². The lowest BCUT2D eigenvalue weighted by Crippen LogP contribution is -2.63. The summed E-state index contributed by atoms with van der Waals surface area (Å²) in [6.07, 6.45) is 4.11. The summed E-state index contributed by atoms with van der Waals surface area (Å²) in [6.45, 7) is 0.555. The molecule has 2 aliphatic heterocycles. The summed E-state index contributed by atoms with van der Waals surface area (Å²) in [5, 5.41) is 0. The standard InChI is InChI=1S/C28H24N2O4/c31-25-21-17-11-12-18(22(21)26(32)29(25)13-15-7-3-1-4-8-15)20-19(17)23-24(20)28(34)30(27(23)33)14-16-9-5-2-6-10-16/h1-12,17-24H,13-14H2/t17-,18-,19-,20-,21+,22+,23-,24-/m1/s1. The van der Waals surface area contributed by atoms with Gasteiger partial charge in [0.2, 0.25) is 23.6 Å². The van der Waals surface area contributed by atoms with Gasteiger partial charge in [0.05, 0.1) is 36.8 Å². The van der Waals surface area contributed by atoms with Gasteiger partial charge in [0.25, 0.3) is 0 Å². The molecule has 34 heavy (non-hydrogen) atoms. The van der Waals surface area contributed by atoms with Gasteiger partial charge in [0.1, 0.15) is 0 Å². The highest BCUT2D eigenvalue weighted by molar-refractivity contribution is 6.09. The maximum Gasteiger partial charge on any atom is 0.234 e. The number of benzene rings is 2. The Balaban J connectivity index is 1.18. The molecule has 0 unspecified atom stereocenters. The van der Waals surface area contributed by atoms with Crippen LogP contribution >= 0.6 is 0 Å². The third kappa shape index (κ3) is 2.46. The van der Waals surface area contributed by atoms with Crippen LogP contribution in [0.4, 0.5) is 0 Å². The molecule has 4 fully saturated rings. The Morgan fingerprint density at radius 3 is 1.24 bits per heavy atom. The number of fused-ring (bicyclic) bond motifs is 1. The first-order chi connectivity index (χ1) is 16.6. The van der Waals surface area contributed by atoms with Crippen LogP contribution in [0.1, 0.15) is 11.1 Å². The molecule has 4 aliphatic carbocycles. The predicted molar refractivity (Wildman–Crippen MR) is 121 cm³/mol. The SMILES string of the molecule is O=C1[C@H]2[C@@H]3C=C[C@@H]([C@@H]2C(=O)N1Cc1ccccc1)[C@H]1[C@H]2C(=O)N(Cc4ccccc4)C(=O)[C@@H]2[C@H]31. The van der Waals surface area contributed by atoms with Crippen LogP contribution in [0.15, 0.2) is 72.8 Å². The van der Waals surface area contributed by atoms with Crippen LogP contribution in [0.5, 0.6) is 0 Å². The van der Waals surface area contributed by atoms with Gasteiger partial charge < -0.3 is 0 Å². The first kappa shape index (κ1) is 19.9. The Morgan fingerprint density at radius 2 is 0.853 bits per heavy atom. The number of nitrogens with zero attached hydrogens (tertiary/aromatic N) is 2. The molecular weight excluding hydrogens is 428 g/mol. The Bertz CT molecular complexity index is 1200. The fourth-order valence-electron chi connectivity index (χ4n) is 7.57. The molecule has 0 radical (unpaired) electrons. The second-order valence-corrected chi connectivity index (χ2v) is 10.3. The molecular formula is C28H24N2O4. The van der Waals surface area contributed by atoms with Crippen LogP contribution in [0.3, 0.4) is 0 Å². The van der Waals surface area contributed by atoms with Crippen molar-refractivity contribution in [2.24, 2.45) is 47.3 Å². The van der Waals surface area contributed by atoms with Gasteiger partial charge in [-0.25, -0.2) is 0 Å². The van der Waals surface area contributed by atoms with E-state index in [1.807, 2.05) is 60.7 Å². The van der Waals surface area contributed by atoms with Crippen LogP contribution in [0.25, 0.3) is 0 Å². The quantitative estimate of drug-likeness (QED) is 0.528. The van der Waals surface area contributed by atoms with Gasteiger partial charge in [0, 0.05) is 0 Å². The summed E-state index contributed by atoms with van der Waals surface area (Å²) in [6, 6.07) is 19.1. The van der Waals surface area contributed by atoms with Gasteiger partial charge in [-0.1, -0.05) is 72.8 Å². The smallest absolute Gasteiger partial charge is 0.234 e. The molecule has 6 nitrogen and oxygen atoms in total. The minimum atomic E-state index is -0.417. The van der Waals surface area contributed by atoms with Gasteiger partial charge >= 0.3 is 0 Å². The molecule has 170 valence electrons. The molecule has 0 spiro atoms. The van der Waals surface area contributed by atoms with Crippen LogP contribution in [-0.2, 0) is 32.3 Å². The summed E-state index contributed by atoms with van der Waals surface area (Å²) in [5.41, 5.74) is 1.85. The number of rotatable bonds is 4. The van der Waals surface area contributed by atoms with Gasteiger partial charge in [-0.2, -0.15) is 0 Å². The van der Waals surface area contributed by atoms with Crippen LogP contribution in [0, 0.1) is 47.3 Å². The van der Waals surface area contributed by atoms with Crippen molar-refractivity contribution in [1.82, 2.24) is 9.80 Å². The third-order valence-electron chi connectivity index (χ3n) is 8.89. The van der Waals surface area contributed by atoms with Crippen LogP contribution in [0.2, 0.25) is 0 Å². The molecule has 2 aromatic carbocycles. The van der Waals surface area contributed by atoms with E-state index in [2.05, 4.69) is 12.2 Å². The third-order valence-corrected chi connectivity index (χ3v) is 8.89. The average Bonchev–Trinajstić information content (AvgIpc) is 3.21. The van der Waals surface area contributed by atoms with E-state index in [1.54, 1.807) is 0 Å². The van der Waals surface area contributed by atoms with E-state index in [9.17, 15) is 19.2 Å². The lowest BCUT2D eigenvalue weighted by molar-refractivity contribution is -0.166. The predicted octanol–water partition coefficient (Wildman–Crippen LogP) is 2.65. The first-order valence-electron chi connectivity index (χ1n) is 12.0. The fraction of sp³-hybridized carbons (Fsp3) is 0.357. The molecule has 2 saturated carbocycles. The van der Waals surface area contributed by atoms with E-state index in [4.69, 9.17) is 0 Å². The Kier molecular flexibility index (Phi) is 4.08. The number of imide groups is 2. The van der Waals surface area contributed by atoms with Crippen molar-refractivity contribution in [2.75, 3.05) is 0 Å². The highest BCUT2D eigenvalue weighted by Crippen LogP contribution is 2.68. The molecule has 0 aromatic heterocycles. The number of carbonyl (C=O) groups excluding carboxylic acids is 4. The maximum absolute atomic E-state index is 13.5. The Labute approximate surface area is 197 Å². The van der Waals surface area contributed by atoms with Gasteiger partial charge in [-0.15, -0.1) is 0 Å². The van der Waals surface area contributed by atoms with E-state index in [-0.39, 0.29) is 72.2 Å². The lowest BCUT2D eigenvalue weighted by atomic mass is 9.40. The Morgan fingerprint density at radius 1 is 0.500 bits per heavy atom. The van der Waals surface area contributed by atoms with E-state index in [0.717, 1.165) is 11.1 Å². The van der Waals surface area contributed by atoms with Gasteiger partial charge in [-0.05, 0) is 34.8 Å². The number of amides is 4. The molecule has 2 bridgehead atoms. The van der Waals surface area contributed by atoms with Crippen molar-refractivity contribution in [3.63, 3.8) is 0 Å². The highest BCUT2D eigenvalue weighted by atomic mass is 16.2. The molecule has 8 atom stereocenters. The monoisotopic (exact) mass is 452 g/mol. The molecule has 4 amide bonds. The maximum atomic E-state index is 13.5. The number of hydrogen-bond acceptors (Lipinski definition) is 4. The van der Waals surface area contributed by atoms with Crippen molar-refractivity contribution >= 4 is 23.6 Å². The average molecular weight is 453 g/mol. The summed E-state index contributed by atoms with van der Waals surface area (Å²) in [4.78, 5) is 56.5. The number of carbonyl (C=O) groups is 4. The second kappa shape index (κ2) is 6.98. The summed E-state index contributed by atoms with van der Waals surface area (Å²) < 4.78 is 0. The largest absolute Gasteiger partial charge is 0.278 e. The zero-order valence-corrected chi connectivity index (χ0v) is 18.5. The van der Waals surface area contributed by atoms with Crippen molar-refractivity contribution in [3.05, 3.63) is 83.9 Å². The van der Waals surface area contributed by atoms with Crippen LogP contribution in [-0.4, -0.2) is 33.4 Å². The van der Waals surface area contributed by atoms with Crippen molar-refractivity contribution < 1.29 is 19.2 Å². The van der Waals surface area contributed by atoms with Gasteiger partial charge in [0.15, 0.2) is 0 Å². The van der Waals surface area contributed by atoms with Crippen molar-refractivity contribution in [3.8, 4) is 0 Å². The number of allylic oxidation sites excluding steroid dienone is 2. The van der Waals surface area contributed by atoms with E-state index in [0.29, 0.717) is 0 Å². The minimum Gasteiger partial charge on any atom is -0.278 e. The second-order valence-electron chi connectivity index (χ2n) is 10.3.